The van der Waals surface area contributed by atoms with Crippen LogP contribution in [0.4, 0.5) is 0 Å². The molecule has 5 heteroatoms. The molecule has 1 aromatic rings. The number of hydrogen-bond acceptors (Lipinski definition) is 4. The molecule has 0 fully saturated rings. The van der Waals surface area contributed by atoms with Crippen molar-refractivity contribution in [3.8, 4) is 0 Å². The third kappa shape index (κ3) is 3.55. The number of aliphatic hydroxyl groups is 1. The Kier molecular flexibility index (Phi) is 5.36. The molecule has 2 atom stereocenters. The van der Waals surface area contributed by atoms with Gasteiger partial charge in [0.1, 0.15) is 0 Å². The molecule has 0 amide bonds. The SMILES string of the molecule is COCC(C)CNC1CCCc2c1cnn2CCO. The number of hydrogen-bond donors (Lipinski definition) is 2. The molecule has 1 heterocycles. The summed E-state index contributed by atoms with van der Waals surface area (Å²) >= 11 is 0. The van der Waals surface area contributed by atoms with Crippen molar-refractivity contribution in [3.63, 3.8) is 0 Å². The van der Waals surface area contributed by atoms with Gasteiger partial charge in [0.15, 0.2) is 0 Å². The Bertz CT molecular complexity index is 392. The van der Waals surface area contributed by atoms with E-state index in [-0.39, 0.29) is 6.61 Å². The average molecular weight is 267 g/mol. The topological polar surface area (TPSA) is 59.3 Å². The maximum Gasteiger partial charge on any atom is 0.0644 e. The summed E-state index contributed by atoms with van der Waals surface area (Å²) in [6.45, 7) is 4.69. The molecule has 0 bridgehead atoms. The molecule has 0 aromatic carbocycles. The van der Waals surface area contributed by atoms with Crippen LogP contribution in [0.25, 0.3) is 0 Å². The molecule has 108 valence electrons. The number of ether oxygens (including phenoxy) is 1. The Labute approximate surface area is 115 Å². The van der Waals surface area contributed by atoms with Crippen molar-refractivity contribution in [1.29, 1.82) is 0 Å². The van der Waals surface area contributed by atoms with E-state index < -0.39 is 0 Å². The molecular weight excluding hydrogens is 242 g/mol. The second-order valence-corrected chi connectivity index (χ2v) is 5.41. The summed E-state index contributed by atoms with van der Waals surface area (Å²) in [7, 11) is 1.74. The molecule has 2 rings (SSSR count). The first-order valence-electron chi connectivity index (χ1n) is 7.14. The van der Waals surface area contributed by atoms with Gasteiger partial charge in [-0.05, 0) is 25.2 Å². The van der Waals surface area contributed by atoms with Gasteiger partial charge in [-0.3, -0.25) is 4.68 Å². The van der Waals surface area contributed by atoms with Crippen LogP contribution in [0.1, 0.15) is 37.1 Å². The molecule has 0 aliphatic heterocycles. The summed E-state index contributed by atoms with van der Waals surface area (Å²) in [4.78, 5) is 0. The molecular formula is C14H25N3O2. The zero-order valence-corrected chi connectivity index (χ0v) is 11.9. The number of fused-ring (bicyclic) bond motifs is 1. The van der Waals surface area contributed by atoms with Gasteiger partial charge in [0.2, 0.25) is 0 Å². The van der Waals surface area contributed by atoms with E-state index in [1.165, 1.54) is 17.7 Å². The first-order chi connectivity index (χ1) is 9.26. The third-order valence-corrected chi connectivity index (χ3v) is 3.74. The lowest BCUT2D eigenvalue weighted by molar-refractivity contribution is 0.156. The van der Waals surface area contributed by atoms with Crippen molar-refractivity contribution >= 4 is 0 Å². The average Bonchev–Trinajstić information content (AvgIpc) is 2.81. The van der Waals surface area contributed by atoms with Gasteiger partial charge >= 0.3 is 0 Å². The van der Waals surface area contributed by atoms with Crippen LogP contribution in [0.5, 0.6) is 0 Å². The van der Waals surface area contributed by atoms with Crippen molar-refractivity contribution in [2.24, 2.45) is 5.92 Å². The Morgan fingerprint density at radius 3 is 3.21 bits per heavy atom. The molecule has 2 N–H and O–H groups in total. The Hall–Kier alpha value is -0.910. The second-order valence-electron chi connectivity index (χ2n) is 5.41. The van der Waals surface area contributed by atoms with E-state index in [2.05, 4.69) is 17.3 Å². The number of methoxy groups -OCH3 is 1. The van der Waals surface area contributed by atoms with Gasteiger partial charge in [-0.15, -0.1) is 0 Å². The highest BCUT2D eigenvalue weighted by atomic mass is 16.5. The van der Waals surface area contributed by atoms with Crippen LogP contribution in [-0.4, -0.2) is 41.8 Å². The van der Waals surface area contributed by atoms with E-state index in [0.717, 1.165) is 26.0 Å². The minimum absolute atomic E-state index is 0.150. The lowest BCUT2D eigenvalue weighted by atomic mass is 9.92. The maximum absolute atomic E-state index is 9.05. The zero-order valence-electron chi connectivity index (χ0n) is 11.9. The summed E-state index contributed by atoms with van der Waals surface area (Å²) in [5, 5.41) is 17.1. The highest BCUT2D eigenvalue weighted by molar-refractivity contribution is 5.24. The van der Waals surface area contributed by atoms with Crippen LogP contribution in [0.15, 0.2) is 6.20 Å². The molecule has 1 aromatic heterocycles. The lowest BCUT2D eigenvalue weighted by Gasteiger charge is -2.25. The number of aliphatic hydroxyl groups excluding tert-OH is 1. The highest BCUT2D eigenvalue weighted by Crippen LogP contribution is 2.29. The summed E-state index contributed by atoms with van der Waals surface area (Å²) in [5.41, 5.74) is 2.60. The Morgan fingerprint density at radius 1 is 1.63 bits per heavy atom. The molecule has 19 heavy (non-hydrogen) atoms. The fourth-order valence-corrected chi connectivity index (χ4v) is 2.81. The summed E-state index contributed by atoms with van der Waals surface area (Å²) in [6, 6.07) is 0.399. The summed E-state index contributed by atoms with van der Waals surface area (Å²) in [5.74, 6) is 0.517. The molecule has 0 radical (unpaired) electrons. The Morgan fingerprint density at radius 2 is 2.47 bits per heavy atom. The van der Waals surface area contributed by atoms with E-state index >= 15 is 0 Å². The predicted octanol–water partition coefficient (Wildman–Crippen LogP) is 1.12. The summed E-state index contributed by atoms with van der Waals surface area (Å²) in [6.07, 6.45) is 5.38. The molecule has 0 spiro atoms. The van der Waals surface area contributed by atoms with Crippen LogP contribution in [0, 0.1) is 5.92 Å². The number of aromatic nitrogens is 2. The van der Waals surface area contributed by atoms with Crippen LogP contribution in [0.3, 0.4) is 0 Å². The Balaban J connectivity index is 1.98. The number of nitrogens with one attached hydrogen (secondary N) is 1. The van der Waals surface area contributed by atoms with E-state index in [4.69, 9.17) is 9.84 Å². The first-order valence-corrected chi connectivity index (χ1v) is 7.14. The normalized spacial score (nSPS) is 20.3. The first kappa shape index (κ1) is 14.5. The van der Waals surface area contributed by atoms with Crippen LogP contribution >= 0.6 is 0 Å². The van der Waals surface area contributed by atoms with Crippen LogP contribution in [-0.2, 0) is 17.7 Å². The van der Waals surface area contributed by atoms with Gasteiger partial charge in [-0.25, -0.2) is 0 Å². The minimum Gasteiger partial charge on any atom is -0.394 e. The van der Waals surface area contributed by atoms with Crippen molar-refractivity contribution in [3.05, 3.63) is 17.5 Å². The molecule has 5 nitrogen and oxygen atoms in total. The van der Waals surface area contributed by atoms with Crippen molar-refractivity contribution < 1.29 is 9.84 Å². The van der Waals surface area contributed by atoms with Gasteiger partial charge in [0.05, 0.1) is 19.3 Å². The standard InChI is InChI=1S/C14H25N3O2/c1-11(10-19-2)8-15-13-4-3-5-14-12(13)9-16-17(14)6-7-18/h9,11,13,15,18H,3-8,10H2,1-2H3. The van der Waals surface area contributed by atoms with Gasteiger partial charge in [-0.2, -0.15) is 5.10 Å². The monoisotopic (exact) mass is 267 g/mol. The van der Waals surface area contributed by atoms with Crippen molar-refractivity contribution in [1.82, 2.24) is 15.1 Å². The number of rotatable bonds is 7. The van der Waals surface area contributed by atoms with Gasteiger partial charge in [0.25, 0.3) is 0 Å². The van der Waals surface area contributed by atoms with Gasteiger partial charge in [0, 0.05) is 37.6 Å². The van der Waals surface area contributed by atoms with Crippen LogP contribution < -0.4 is 5.32 Å². The number of nitrogens with zero attached hydrogens (tertiary/aromatic N) is 2. The zero-order chi connectivity index (χ0) is 13.7. The molecule has 2 unspecified atom stereocenters. The van der Waals surface area contributed by atoms with E-state index in [1.54, 1.807) is 7.11 Å². The second kappa shape index (κ2) is 7.03. The van der Waals surface area contributed by atoms with Gasteiger partial charge in [-0.1, -0.05) is 6.92 Å². The molecule has 0 saturated carbocycles. The highest BCUT2D eigenvalue weighted by Gasteiger charge is 2.23. The fraction of sp³-hybridized carbons (Fsp3) is 0.786. The van der Waals surface area contributed by atoms with Crippen molar-refractivity contribution in [2.75, 3.05) is 26.9 Å². The third-order valence-electron chi connectivity index (χ3n) is 3.74. The van der Waals surface area contributed by atoms with E-state index in [0.29, 0.717) is 18.5 Å². The van der Waals surface area contributed by atoms with E-state index in [9.17, 15) is 0 Å². The lowest BCUT2D eigenvalue weighted by Crippen LogP contribution is -2.30. The van der Waals surface area contributed by atoms with Crippen molar-refractivity contribution in [2.45, 2.75) is 38.8 Å². The maximum atomic E-state index is 9.05. The smallest absolute Gasteiger partial charge is 0.0644 e. The predicted molar refractivity (Wildman–Crippen MR) is 74.0 cm³/mol. The van der Waals surface area contributed by atoms with Gasteiger partial charge < -0.3 is 15.2 Å². The summed E-state index contributed by atoms with van der Waals surface area (Å²) < 4.78 is 7.11. The quantitative estimate of drug-likeness (QED) is 0.777. The molecule has 1 aliphatic rings. The molecule has 1 aliphatic carbocycles. The largest absolute Gasteiger partial charge is 0.394 e. The fourth-order valence-electron chi connectivity index (χ4n) is 2.81. The van der Waals surface area contributed by atoms with Crippen LogP contribution in [0.2, 0.25) is 0 Å². The minimum atomic E-state index is 0.150. The van der Waals surface area contributed by atoms with E-state index in [1.807, 2.05) is 10.9 Å². The molecule has 0 saturated heterocycles.